The lowest BCUT2D eigenvalue weighted by Crippen LogP contribution is -2.49. The van der Waals surface area contributed by atoms with E-state index in [1.54, 1.807) is 0 Å². The van der Waals surface area contributed by atoms with Gasteiger partial charge in [0.05, 0.1) is 0 Å². The first-order valence-electron chi connectivity index (χ1n) is 5.13. The molecule has 0 bridgehead atoms. The van der Waals surface area contributed by atoms with Gasteiger partial charge in [0.2, 0.25) is 0 Å². The van der Waals surface area contributed by atoms with Crippen LogP contribution in [0, 0.1) is 17.8 Å². The molecule has 0 amide bonds. The van der Waals surface area contributed by atoms with E-state index < -0.39 is 0 Å². The van der Waals surface area contributed by atoms with Crippen molar-refractivity contribution in [1.82, 2.24) is 10.4 Å². The van der Waals surface area contributed by atoms with Crippen molar-refractivity contribution in [3.8, 4) is 0 Å². The SMILES string of the molecule is CC1(C)NC(C)(C)[C@H]2[C@H](CNP)[C@H]21. The molecular weight excluding hydrogens is 179 g/mol. The minimum atomic E-state index is 0.334. The van der Waals surface area contributed by atoms with Gasteiger partial charge >= 0.3 is 0 Å². The van der Waals surface area contributed by atoms with E-state index in [2.05, 4.69) is 47.5 Å². The summed E-state index contributed by atoms with van der Waals surface area (Å²) in [7, 11) is 2.61. The molecule has 2 aliphatic rings. The molecule has 3 heteroatoms. The van der Waals surface area contributed by atoms with Crippen LogP contribution in [0.15, 0.2) is 0 Å². The maximum Gasteiger partial charge on any atom is 0.0165 e. The average molecular weight is 200 g/mol. The molecule has 2 nitrogen and oxygen atoms in total. The summed E-state index contributed by atoms with van der Waals surface area (Å²) in [6.45, 7) is 10.5. The van der Waals surface area contributed by atoms with Gasteiger partial charge in [-0.1, -0.05) is 9.39 Å². The molecule has 1 aliphatic carbocycles. The van der Waals surface area contributed by atoms with Gasteiger partial charge in [-0.05, 0) is 45.4 Å². The summed E-state index contributed by atoms with van der Waals surface area (Å²) in [6, 6.07) is 0. The molecule has 0 spiro atoms. The summed E-state index contributed by atoms with van der Waals surface area (Å²) in [5, 5.41) is 6.95. The van der Waals surface area contributed by atoms with Crippen LogP contribution >= 0.6 is 9.39 Å². The van der Waals surface area contributed by atoms with Gasteiger partial charge in [-0.3, -0.25) is 0 Å². The first kappa shape index (κ1) is 9.89. The Labute approximate surface area is 83.5 Å². The van der Waals surface area contributed by atoms with Gasteiger partial charge in [-0.25, -0.2) is 0 Å². The summed E-state index contributed by atoms with van der Waals surface area (Å²) in [6.07, 6.45) is 0. The summed E-state index contributed by atoms with van der Waals surface area (Å²) in [5.41, 5.74) is 0.667. The van der Waals surface area contributed by atoms with Gasteiger partial charge in [0.1, 0.15) is 0 Å². The highest BCUT2D eigenvalue weighted by atomic mass is 31.0. The van der Waals surface area contributed by atoms with Crippen LogP contribution in [0.1, 0.15) is 27.7 Å². The molecule has 76 valence electrons. The Bertz CT molecular complexity index is 205. The minimum Gasteiger partial charge on any atom is -0.306 e. The van der Waals surface area contributed by atoms with Gasteiger partial charge in [0.15, 0.2) is 0 Å². The van der Waals surface area contributed by atoms with Crippen LogP contribution in [0.25, 0.3) is 0 Å². The third-order valence-corrected chi connectivity index (χ3v) is 4.07. The van der Waals surface area contributed by atoms with Gasteiger partial charge in [-0.2, -0.15) is 0 Å². The Balaban J connectivity index is 2.13. The third kappa shape index (κ3) is 1.35. The van der Waals surface area contributed by atoms with Crippen molar-refractivity contribution in [2.45, 2.75) is 38.8 Å². The zero-order valence-electron chi connectivity index (χ0n) is 9.02. The molecule has 1 saturated carbocycles. The second-order valence-electron chi connectivity index (χ2n) is 5.69. The molecule has 0 aromatic heterocycles. The highest BCUT2D eigenvalue weighted by Crippen LogP contribution is 2.62. The van der Waals surface area contributed by atoms with Gasteiger partial charge in [0, 0.05) is 17.6 Å². The van der Waals surface area contributed by atoms with Crippen molar-refractivity contribution in [3.63, 3.8) is 0 Å². The summed E-state index contributed by atoms with van der Waals surface area (Å²) in [5.74, 6) is 2.62. The second-order valence-corrected chi connectivity index (χ2v) is 6.10. The first-order valence-corrected chi connectivity index (χ1v) is 5.71. The lowest BCUT2D eigenvalue weighted by molar-refractivity contribution is 0.272. The Morgan fingerprint density at radius 3 is 2.00 bits per heavy atom. The third-order valence-electron chi connectivity index (χ3n) is 3.83. The number of fused-ring (bicyclic) bond motifs is 1. The molecule has 1 unspecified atom stereocenters. The van der Waals surface area contributed by atoms with Crippen LogP contribution < -0.4 is 10.4 Å². The molecular formula is C10H21N2P. The van der Waals surface area contributed by atoms with Crippen LogP contribution in [-0.2, 0) is 0 Å². The Kier molecular flexibility index (Phi) is 2.04. The summed E-state index contributed by atoms with van der Waals surface area (Å²) < 4.78 is 0. The maximum absolute atomic E-state index is 3.72. The lowest BCUT2D eigenvalue weighted by atomic mass is 9.96. The molecule has 4 atom stereocenters. The Morgan fingerprint density at radius 1 is 1.15 bits per heavy atom. The van der Waals surface area contributed by atoms with Crippen molar-refractivity contribution in [3.05, 3.63) is 0 Å². The van der Waals surface area contributed by atoms with Crippen LogP contribution in [0.3, 0.4) is 0 Å². The smallest absolute Gasteiger partial charge is 0.0165 e. The van der Waals surface area contributed by atoms with Crippen LogP contribution in [-0.4, -0.2) is 17.6 Å². The predicted octanol–water partition coefficient (Wildman–Crippen LogP) is 1.39. The lowest BCUT2D eigenvalue weighted by Gasteiger charge is -2.32. The summed E-state index contributed by atoms with van der Waals surface area (Å²) in [4.78, 5) is 0. The quantitative estimate of drug-likeness (QED) is 0.658. The van der Waals surface area contributed by atoms with E-state index in [0.717, 1.165) is 24.3 Å². The van der Waals surface area contributed by atoms with Gasteiger partial charge in [0.25, 0.3) is 0 Å². The van der Waals surface area contributed by atoms with Crippen LogP contribution in [0.4, 0.5) is 0 Å². The first-order chi connectivity index (χ1) is 5.90. The van der Waals surface area contributed by atoms with Crippen molar-refractivity contribution >= 4 is 9.39 Å². The number of rotatable bonds is 2. The molecule has 2 rings (SSSR count). The maximum atomic E-state index is 3.72. The summed E-state index contributed by atoms with van der Waals surface area (Å²) >= 11 is 0. The minimum absolute atomic E-state index is 0.334. The zero-order valence-corrected chi connectivity index (χ0v) is 10.2. The highest BCUT2D eigenvalue weighted by Gasteiger charge is 2.68. The second kappa shape index (κ2) is 2.68. The van der Waals surface area contributed by atoms with Crippen molar-refractivity contribution < 1.29 is 0 Å². The number of nitrogens with one attached hydrogen (secondary N) is 2. The largest absolute Gasteiger partial charge is 0.306 e. The fraction of sp³-hybridized carbons (Fsp3) is 1.00. The van der Waals surface area contributed by atoms with E-state index >= 15 is 0 Å². The highest BCUT2D eigenvalue weighted by molar-refractivity contribution is 7.13. The molecule has 13 heavy (non-hydrogen) atoms. The molecule has 2 fully saturated rings. The molecule has 1 saturated heterocycles. The predicted molar refractivity (Wildman–Crippen MR) is 59.5 cm³/mol. The molecule has 0 aromatic carbocycles. The van der Waals surface area contributed by atoms with Gasteiger partial charge in [-0.15, -0.1) is 0 Å². The standard InChI is InChI=1S/C10H21N2P/c1-9(2)7-6(5-11-13)8(7)10(3,4)12-9/h6-8,11-12H,5,13H2,1-4H3/t6-,7-,8+. The van der Waals surface area contributed by atoms with E-state index in [1.807, 2.05) is 0 Å². The van der Waals surface area contributed by atoms with E-state index in [4.69, 9.17) is 0 Å². The molecule has 2 N–H and O–H groups in total. The van der Waals surface area contributed by atoms with E-state index in [-0.39, 0.29) is 0 Å². The van der Waals surface area contributed by atoms with Crippen LogP contribution in [0.5, 0.6) is 0 Å². The fourth-order valence-corrected chi connectivity index (χ4v) is 4.00. The van der Waals surface area contributed by atoms with E-state index in [9.17, 15) is 0 Å². The molecule has 0 radical (unpaired) electrons. The van der Waals surface area contributed by atoms with Crippen molar-refractivity contribution in [1.29, 1.82) is 0 Å². The van der Waals surface area contributed by atoms with Crippen LogP contribution in [0.2, 0.25) is 0 Å². The fourth-order valence-electron chi connectivity index (χ4n) is 3.73. The molecule has 0 aromatic rings. The zero-order chi connectivity index (χ0) is 9.85. The Hall–Kier alpha value is 0.350. The number of hydrogen-bond acceptors (Lipinski definition) is 2. The molecule has 1 aliphatic heterocycles. The van der Waals surface area contributed by atoms with E-state index in [0.29, 0.717) is 11.1 Å². The Morgan fingerprint density at radius 2 is 1.62 bits per heavy atom. The van der Waals surface area contributed by atoms with E-state index in [1.165, 1.54) is 0 Å². The molecule has 1 heterocycles. The van der Waals surface area contributed by atoms with Gasteiger partial charge < -0.3 is 10.4 Å². The van der Waals surface area contributed by atoms with Crippen molar-refractivity contribution in [2.24, 2.45) is 17.8 Å². The average Bonchev–Trinajstić information content (AvgIpc) is 2.56. The number of hydrogen-bond donors (Lipinski definition) is 2. The van der Waals surface area contributed by atoms with Crippen molar-refractivity contribution in [2.75, 3.05) is 6.54 Å². The topological polar surface area (TPSA) is 24.1 Å². The number of piperidine rings is 1. The normalized spacial score (nSPS) is 44.5. The monoisotopic (exact) mass is 200 g/mol.